The second-order valence-electron chi connectivity index (χ2n) is 5.04. The molecule has 1 amide bonds. The molecule has 0 radical (unpaired) electrons. The number of amides is 1. The van der Waals surface area contributed by atoms with Gasteiger partial charge in [0.25, 0.3) is 5.89 Å². The highest BCUT2D eigenvalue weighted by molar-refractivity contribution is 5.93. The highest BCUT2D eigenvalue weighted by Gasteiger charge is 2.24. The van der Waals surface area contributed by atoms with Crippen molar-refractivity contribution < 1.29 is 9.21 Å². The van der Waals surface area contributed by atoms with Crippen molar-refractivity contribution in [1.29, 1.82) is 0 Å². The summed E-state index contributed by atoms with van der Waals surface area (Å²) in [6, 6.07) is 5.72. The van der Waals surface area contributed by atoms with Crippen molar-refractivity contribution in [3.63, 3.8) is 0 Å². The molecule has 0 N–H and O–H groups in total. The molecule has 2 aromatic rings. The Morgan fingerprint density at radius 1 is 1.26 bits per heavy atom. The first kappa shape index (κ1) is 12.2. The summed E-state index contributed by atoms with van der Waals surface area (Å²) in [7, 11) is 2.06. The van der Waals surface area contributed by atoms with E-state index in [2.05, 4.69) is 16.9 Å². The van der Waals surface area contributed by atoms with Crippen molar-refractivity contribution in [3.8, 4) is 0 Å². The highest BCUT2D eigenvalue weighted by Crippen LogP contribution is 2.20. The Hall–Kier alpha value is -1.88. The molecule has 0 unspecified atom stereocenters. The number of aryl methyl sites for hydroxylation is 1. The Morgan fingerprint density at radius 3 is 2.68 bits per heavy atom. The van der Waals surface area contributed by atoms with Gasteiger partial charge in [-0.25, -0.2) is 4.98 Å². The largest absolute Gasteiger partial charge is 0.432 e. The van der Waals surface area contributed by atoms with Gasteiger partial charge in [0.15, 0.2) is 5.58 Å². The van der Waals surface area contributed by atoms with E-state index in [9.17, 15) is 4.79 Å². The molecule has 1 saturated heterocycles. The topological polar surface area (TPSA) is 49.6 Å². The third-order valence-corrected chi connectivity index (χ3v) is 3.59. The van der Waals surface area contributed by atoms with Crippen LogP contribution in [0.5, 0.6) is 0 Å². The maximum atomic E-state index is 12.3. The van der Waals surface area contributed by atoms with E-state index < -0.39 is 0 Å². The number of rotatable bonds is 1. The SMILES string of the molecule is Cc1cccc2oc(C(=O)N3CCN(C)CC3)nc12. The highest BCUT2D eigenvalue weighted by atomic mass is 16.4. The molecule has 100 valence electrons. The molecule has 2 heterocycles. The third-order valence-electron chi connectivity index (χ3n) is 3.59. The molecule has 1 aliphatic rings. The molecule has 3 rings (SSSR count). The molecule has 19 heavy (non-hydrogen) atoms. The van der Waals surface area contributed by atoms with Gasteiger partial charge in [0, 0.05) is 26.2 Å². The van der Waals surface area contributed by atoms with Gasteiger partial charge in [-0.2, -0.15) is 0 Å². The number of nitrogens with zero attached hydrogens (tertiary/aromatic N) is 3. The normalized spacial score (nSPS) is 17.1. The van der Waals surface area contributed by atoms with Crippen molar-refractivity contribution in [1.82, 2.24) is 14.8 Å². The molecule has 1 aromatic heterocycles. The summed E-state index contributed by atoms with van der Waals surface area (Å²) in [5, 5.41) is 0. The van der Waals surface area contributed by atoms with Crippen LogP contribution >= 0.6 is 0 Å². The van der Waals surface area contributed by atoms with Crippen LogP contribution in [0, 0.1) is 6.92 Å². The average molecular weight is 259 g/mol. The standard InChI is InChI=1S/C14H17N3O2/c1-10-4-3-5-11-12(10)15-13(19-11)14(18)17-8-6-16(2)7-9-17/h3-5H,6-9H2,1-2H3. The lowest BCUT2D eigenvalue weighted by Crippen LogP contribution is -2.47. The minimum atomic E-state index is -0.108. The minimum absolute atomic E-state index is 0.108. The number of likely N-dealkylation sites (N-methyl/N-ethyl adjacent to an activating group) is 1. The Labute approximate surface area is 111 Å². The Kier molecular flexibility index (Phi) is 2.98. The molecule has 1 aromatic carbocycles. The molecular weight excluding hydrogens is 242 g/mol. The summed E-state index contributed by atoms with van der Waals surface area (Å²) in [6.45, 7) is 5.21. The van der Waals surface area contributed by atoms with Crippen molar-refractivity contribution in [3.05, 3.63) is 29.7 Å². The lowest BCUT2D eigenvalue weighted by atomic mass is 10.2. The number of carbonyl (C=O) groups excluding carboxylic acids is 1. The number of oxazole rings is 1. The maximum absolute atomic E-state index is 12.3. The van der Waals surface area contributed by atoms with Gasteiger partial charge in [0.2, 0.25) is 0 Å². The minimum Gasteiger partial charge on any atom is -0.432 e. The van der Waals surface area contributed by atoms with Crippen LogP contribution in [-0.4, -0.2) is 53.9 Å². The van der Waals surface area contributed by atoms with E-state index in [-0.39, 0.29) is 11.8 Å². The third kappa shape index (κ3) is 2.21. The number of fused-ring (bicyclic) bond motifs is 1. The Balaban J connectivity index is 1.87. The first-order chi connectivity index (χ1) is 9.15. The summed E-state index contributed by atoms with van der Waals surface area (Å²) < 4.78 is 5.57. The van der Waals surface area contributed by atoms with E-state index in [1.165, 1.54) is 0 Å². The second-order valence-corrected chi connectivity index (χ2v) is 5.04. The molecule has 0 aliphatic carbocycles. The number of carbonyl (C=O) groups is 1. The molecule has 1 fully saturated rings. The van der Waals surface area contributed by atoms with Crippen molar-refractivity contribution in [2.24, 2.45) is 0 Å². The molecule has 0 bridgehead atoms. The molecule has 0 atom stereocenters. The number of hydrogen-bond donors (Lipinski definition) is 0. The second kappa shape index (κ2) is 4.66. The van der Waals surface area contributed by atoms with Crippen LogP contribution in [0.1, 0.15) is 16.2 Å². The summed E-state index contributed by atoms with van der Waals surface area (Å²) >= 11 is 0. The van der Waals surface area contributed by atoms with Gasteiger partial charge >= 0.3 is 5.91 Å². The van der Waals surface area contributed by atoms with E-state index in [4.69, 9.17) is 4.42 Å². The van der Waals surface area contributed by atoms with Gasteiger partial charge in [0.05, 0.1) is 0 Å². The number of para-hydroxylation sites is 1. The van der Waals surface area contributed by atoms with Crippen LogP contribution in [0.3, 0.4) is 0 Å². The molecule has 0 saturated carbocycles. The Bertz CT molecular complexity index is 612. The van der Waals surface area contributed by atoms with E-state index >= 15 is 0 Å². The molecule has 5 nitrogen and oxygen atoms in total. The van der Waals surface area contributed by atoms with Gasteiger partial charge in [-0.3, -0.25) is 4.79 Å². The van der Waals surface area contributed by atoms with Crippen molar-refractivity contribution >= 4 is 17.0 Å². The van der Waals surface area contributed by atoms with Gasteiger partial charge in [-0.1, -0.05) is 12.1 Å². The van der Waals surface area contributed by atoms with Crippen LogP contribution in [0.25, 0.3) is 11.1 Å². The fourth-order valence-electron chi connectivity index (χ4n) is 2.32. The van der Waals surface area contributed by atoms with Crippen LogP contribution in [0.4, 0.5) is 0 Å². The fraction of sp³-hybridized carbons (Fsp3) is 0.429. The predicted molar refractivity (Wildman–Crippen MR) is 72.1 cm³/mol. The van der Waals surface area contributed by atoms with E-state index in [0.29, 0.717) is 5.58 Å². The van der Waals surface area contributed by atoms with Crippen LogP contribution in [0.15, 0.2) is 22.6 Å². The smallest absolute Gasteiger partial charge is 0.309 e. The predicted octanol–water partition coefficient (Wildman–Crippen LogP) is 1.52. The Morgan fingerprint density at radius 2 is 2.00 bits per heavy atom. The van der Waals surface area contributed by atoms with Crippen molar-refractivity contribution in [2.45, 2.75) is 6.92 Å². The first-order valence-corrected chi connectivity index (χ1v) is 6.49. The van der Waals surface area contributed by atoms with Crippen molar-refractivity contribution in [2.75, 3.05) is 33.2 Å². The van der Waals surface area contributed by atoms with E-state index in [1.807, 2.05) is 25.1 Å². The zero-order valence-electron chi connectivity index (χ0n) is 11.2. The zero-order valence-corrected chi connectivity index (χ0v) is 11.2. The average Bonchev–Trinajstić information content (AvgIpc) is 2.84. The molecule has 0 spiro atoms. The molecule has 1 aliphatic heterocycles. The lowest BCUT2D eigenvalue weighted by molar-refractivity contribution is 0.0627. The van der Waals surface area contributed by atoms with Gasteiger partial charge in [0.1, 0.15) is 5.52 Å². The monoisotopic (exact) mass is 259 g/mol. The zero-order chi connectivity index (χ0) is 13.4. The summed E-state index contributed by atoms with van der Waals surface area (Å²) in [4.78, 5) is 20.7. The summed E-state index contributed by atoms with van der Waals surface area (Å²) in [5.74, 6) is 0.0950. The number of aromatic nitrogens is 1. The maximum Gasteiger partial charge on any atom is 0.309 e. The van der Waals surface area contributed by atoms with Gasteiger partial charge in [-0.15, -0.1) is 0 Å². The van der Waals surface area contributed by atoms with Gasteiger partial charge < -0.3 is 14.2 Å². The molecule has 5 heteroatoms. The summed E-state index contributed by atoms with van der Waals surface area (Å²) in [6.07, 6.45) is 0. The number of piperazine rings is 1. The van der Waals surface area contributed by atoms with Crippen LogP contribution in [-0.2, 0) is 0 Å². The molecular formula is C14H17N3O2. The van der Waals surface area contributed by atoms with Crippen LogP contribution < -0.4 is 0 Å². The van der Waals surface area contributed by atoms with Crippen LogP contribution in [0.2, 0.25) is 0 Å². The first-order valence-electron chi connectivity index (χ1n) is 6.49. The van der Waals surface area contributed by atoms with E-state index in [1.54, 1.807) is 4.90 Å². The lowest BCUT2D eigenvalue weighted by Gasteiger charge is -2.31. The number of benzene rings is 1. The summed E-state index contributed by atoms with van der Waals surface area (Å²) in [5.41, 5.74) is 2.48. The quantitative estimate of drug-likeness (QED) is 0.779. The van der Waals surface area contributed by atoms with Gasteiger partial charge in [-0.05, 0) is 25.6 Å². The van der Waals surface area contributed by atoms with E-state index in [0.717, 1.165) is 37.3 Å². The number of hydrogen-bond acceptors (Lipinski definition) is 4. The fourth-order valence-corrected chi connectivity index (χ4v) is 2.32.